The fraction of sp³-hybridized carbons (Fsp3) is 0.767. The van der Waals surface area contributed by atoms with Gasteiger partial charge in [-0.25, -0.2) is 0 Å². The molecule has 0 amide bonds. The number of Topliss-reactive ketones (excluding diaryl/α,β-unsaturated/α-hetero) is 1. The van der Waals surface area contributed by atoms with Crippen molar-refractivity contribution in [2.75, 3.05) is 14.2 Å². The molecule has 0 saturated heterocycles. The first-order valence-corrected chi connectivity index (χ1v) is 13.7. The third kappa shape index (κ3) is 3.98. The molecule has 1 aromatic carbocycles. The number of ketones is 1. The number of carbonyl (C=O) groups is 1. The Balaban J connectivity index is 1.37. The predicted octanol–water partition coefficient (Wildman–Crippen LogP) is 6.23. The molecule has 1 N–H and O–H groups in total. The maximum absolute atomic E-state index is 12.5. The minimum absolute atomic E-state index is 0.0905. The van der Waals surface area contributed by atoms with E-state index in [1.807, 2.05) is 6.07 Å². The Kier molecular flexibility index (Phi) is 6.50. The molecule has 1 aromatic rings. The summed E-state index contributed by atoms with van der Waals surface area (Å²) in [5.74, 6) is 5.45. The van der Waals surface area contributed by atoms with Crippen molar-refractivity contribution in [1.29, 1.82) is 0 Å². The lowest BCUT2D eigenvalue weighted by atomic mass is 9.42. The summed E-state index contributed by atoms with van der Waals surface area (Å²) in [6.45, 7) is 4.90. The second kappa shape index (κ2) is 9.15. The fourth-order valence-corrected chi connectivity index (χ4v) is 9.07. The Labute approximate surface area is 205 Å². The summed E-state index contributed by atoms with van der Waals surface area (Å²) in [5.41, 5.74) is 1.67. The number of hydrogen-bond acceptors (Lipinski definition) is 4. The number of aliphatic hydroxyl groups is 1. The average molecular weight is 469 g/mol. The van der Waals surface area contributed by atoms with Crippen LogP contribution in [0.4, 0.5) is 0 Å². The van der Waals surface area contributed by atoms with Crippen LogP contribution in [0.15, 0.2) is 18.2 Å². The highest BCUT2D eigenvalue weighted by atomic mass is 16.5. The first-order chi connectivity index (χ1) is 16.3. The zero-order chi connectivity index (χ0) is 24.1. The minimum atomic E-state index is -0.137. The summed E-state index contributed by atoms with van der Waals surface area (Å²) in [6.07, 6.45) is 11.7. The predicted molar refractivity (Wildman–Crippen MR) is 134 cm³/mol. The van der Waals surface area contributed by atoms with E-state index in [2.05, 4.69) is 26.0 Å². The summed E-state index contributed by atoms with van der Waals surface area (Å²) < 4.78 is 11.0. The van der Waals surface area contributed by atoms with Gasteiger partial charge in [-0.2, -0.15) is 0 Å². The number of fused-ring (bicyclic) bond motifs is 5. The van der Waals surface area contributed by atoms with Crippen LogP contribution in [0.1, 0.15) is 83.6 Å². The van der Waals surface area contributed by atoms with Crippen LogP contribution in [0.2, 0.25) is 0 Å². The number of aryl methyl sites for hydroxylation is 1. The van der Waals surface area contributed by atoms with Crippen molar-refractivity contribution in [2.24, 2.45) is 40.4 Å². The molecule has 0 bridgehead atoms. The Morgan fingerprint density at radius 2 is 1.68 bits per heavy atom. The van der Waals surface area contributed by atoms with Crippen molar-refractivity contribution in [3.63, 3.8) is 0 Å². The van der Waals surface area contributed by atoms with E-state index in [0.717, 1.165) is 56.4 Å². The van der Waals surface area contributed by atoms with Gasteiger partial charge in [0.05, 0.1) is 20.3 Å². The van der Waals surface area contributed by atoms with Gasteiger partial charge in [-0.1, -0.05) is 13.8 Å². The first kappa shape index (κ1) is 24.2. The summed E-state index contributed by atoms with van der Waals surface area (Å²) in [7, 11) is 3.42. The van der Waals surface area contributed by atoms with Crippen molar-refractivity contribution in [2.45, 2.75) is 90.6 Å². The third-order valence-corrected chi connectivity index (χ3v) is 11.1. The monoisotopic (exact) mass is 468 g/mol. The molecular weight excluding hydrogens is 424 g/mol. The second-order valence-corrected chi connectivity index (χ2v) is 12.5. The summed E-state index contributed by atoms with van der Waals surface area (Å²) in [5, 5.41) is 10.9. The van der Waals surface area contributed by atoms with Gasteiger partial charge in [0, 0.05) is 18.9 Å². The lowest BCUT2D eigenvalue weighted by Crippen LogP contribution is -2.57. The standard InChI is InChI=1S/C30H44O4/c1-29-12-10-22(31)17-21(29)16-20(7-5-6-19-14-23(33-3)18-24(15-19)34-4)28-25-8-9-27(32)30(25,2)13-11-26(28)29/h14-15,18,20-21,25-28,32H,5-13,16-17H2,1-4H3/t20?,21?,25-,26+,27?,28-,29-,30-/m0/s1. The van der Waals surface area contributed by atoms with Crippen molar-refractivity contribution in [1.82, 2.24) is 0 Å². The Morgan fingerprint density at radius 1 is 0.971 bits per heavy atom. The normalized spacial score (nSPS) is 41.4. The van der Waals surface area contributed by atoms with E-state index in [-0.39, 0.29) is 11.5 Å². The Morgan fingerprint density at radius 3 is 2.38 bits per heavy atom. The van der Waals surface area contributed by atoms with Crippen LogP contribution >= 0.6 is 0 Å². The van der Waals surface area contributed by atoms with Gasteiger partial charge in [0.1, 0.15) is 17.3 Å². The van der Waals surface area contributed by atoms with Gasteiger partial charge < -0.3 is 14.6 Å². The van der Waals surface area contributed by atoms with Crippen LogP contribution in [0.3, 0.4) is 0 Å². The van der Waals surface area contributed by atoms with Crippen LogP contribution in [-0.2, 0) is 11.2 Å². The average Bonchev–Trinajstić information content (AvgIpc) is 3.14. The zero-order valence-electron chi connectivity index (χ0n) is 21.6. The molecule has 4 aliphatic carbocycles. The lowest BCUT2D eigenvalue weighted by molar-refractivity contribution is -0.156. The Bertz CT molecular complexity index is 889. The fourth-order valence-electron chi connectivity index (χ4n) is 9.07. The van der Waals surface area contributed by atoms with Gasteiger partial charge in [-0.05, 0) is 116 Å². The van der Waals surface area contributed by atoms with Crippen molar-refractivity contribution in [3.8, 4) is 11.5 Å². The smallest absolute Gasteiger partial charge is 0.133 e. The van der Waals surface area contributed by atoms with Crippen LogP contribution < -0.4 is 9.47 Å². The number of methoxy groups -OCH3 is 2. The molecule has 0 radical (unpaired) electrons. The molecule has 3 unspecified atom stereocenters. The summed E-state index contributed by atoms with van der Waals surface area (Å²) >= 11 is 0. The number of benzene rings is 1. The van der Waals surface area contributed by atoms with Crippen molar-refractivity contribution >= 4 is 5.78 Å². The molecule has 4 fully saturated rings. The highest BCUT2D eigenvalue weighted by Crippen LogP contribution is 2.67. The van der Waals surface area contributed by atoms with Crippen LogP contribution in [0.5, 0.6) is 11.5 Å². The molecule has 4 aliphatic rings. The molecule has 4 saturated carbocycles. The quantitative estimate of drug-likeness (QED) is 0.538. The van der Waals surface area contributed by atoms with E-state index in [9.17, 15) is 9.90 Å². The maximum atomic E-state index is 12.5. The lowest BCUT2D eigenvalue weighted by Gasteiger charge is -2.62. The molecule has 0 heterocycles. The Hall–Kier alpha value is -1.55. The maximum Gasteiger partial charge on any atom is 0.133 e. The molecule has 188 valence electrons. The molecule has 0 aliphatic heterocycles. The SMILES string of the molecule is COc1cc(CCCC2CC3CC(=O)CC[C@]3(C)[C@@H]3CC[C@]4(C)C(O)CC[C@H]4[C@H]23)cc(OC)c1. The van der Waals surface area contributed by atoms with Gasteiger partial charge in [0.2, 0.25) is 0 Å². The molecule has 0 aromatic heterocycles. The van der Waals surface area contributed by atoms with E-state index < -0.39 is 0 Å². The largest absolute Gasteiger partial charge is 0.497 e. The molecule has 4 nitrogen and oxygen atoms in total. The van der Waals surface area contributed by atoms with Gasteiger partial charge in [0.15, 0.2) is 0 Å². The first-order valence-electron chi connectivity index (χ1n) is 13.7. The van der Waals surface area contributed by atoms with Gasteiger partial charge in [-0.15, -0.1) is 0 Å². The molecule has 4 heteroatoms. The van der Waals surface area contributed by atoms with E-state index >= 15 is 0 Å². The van der Waals surface area contributed by atoms with Crippen LogP contribution in [-0.4, -0.2) is 31.2 Å². The van der Waals surface area contributed by atoms with Crippen LogP contribution in [0, 0.1) is 40.4 Å². The molecule has 5 rings (SSSR count). The number of rotatable bonds is 6. The summed E-state index contributed by atoms with van der Waals surface area (Å²) in [6, 6.07) is 6.20. The van der Waals surface area contributed by atoms with Crippen molar-refractivity contribution in [3.05, 3.63) is 23.8 Å². The number of aliphatic hydroxyl groups excluding tert-OH is 1. The van der Waals surface area contributed by atoms with Crippen molar-refractivity contribution < 1.29 is 19.4 Å². The van der Waals surface area contributed by atoms with Gasteiger partial charge >= 0.3 is 0 Å². The zero-order valence-corrected chi connectivity index (χ0v) is 21.6. The van der Waals surface area contributed by atoms with E-state index in [1.165, 1.54) is 31.2 Å². The topological polar surface area (TPSA) is 55.8 Å². The number of hydrogen-bond donors (Lipinski definition) is 1. The van der Waals surface area contributed by atoms with E-state index in [0.29, 0.717) is 40.8 Å². The second-order valence-electron chi connectivity index (χ2n) is 12.5. The van der Waals surface area contributed by atoms with Crippen LogP contribution in [0.25, 0.3) is 0 Å². The molecule has 0 spiro atoms. The minimum Gasteiger partial charge on any atom is -0.497 e. The highest BCUT2D eigenvalue weighted by molar-refractivity contribution is 5.79. The van der Waals surface area contributed by atoms with Gasteiger partial charge in [-0.3, -0.25) is 4.79 Å². The van der Waals surface area contributed by atoms with E-state index in [1.54, 1.807) is 14.2 Å². The molecular formula is C30H44O4. The van der Waals surface area contributed by atoms with Gasteiger partial charge in [0.25, 0.3) is 0 Å². The number of ether oxygens (including phenoxy) is 2. The summed E-state index contributed by atoms with van der Waals surface area (Å²) in [4.78, 5) is 12.5. The number of carbonyl (C=O) groups excluding carboxylic acids is 1. The highest BCUT2D eigenvalue weighted by Gasteiger charge is 2.62. The third-order valence-electron chi connectivity index (χ3n) is 11.1. The van der Waals surface area contributed by atoms with E-state index in [4.69, 9.17) is 9.47 Å². The molecule has 34 heavy (non-hydrogen) atoms. The molecule has 8 atom stereocenters.